The maximum atomic E-state index is 12.6. The highest BCUT2D eigenvalue weighted by Gasteiger charge is 2.34. The minimum Gasteiger partial charge on any atom is -0.486 e. The van der Waals surface area contributed by atoms with Gasteiger partial charge in [-0.1, -0.05) is 19.1 Å². The van der Waals surface area contributed by atoms with Crippen LogP contribution in [0.1, 0.15) is 47.0 Å². The summed E-state index contributed by atoms with van der Waals surface area (Å²) in [5.74, 6) is 0.675. The number of nitrogens with zero attached hydrogens (tertiary/aromatic N) is 1. The number of likely N-dealkylation sites (tertiary alicyclic amines) is 1. The van der Waals surface area contributed by atoms with Gasteiger partial charge in [0, 0.05) is 19.7 Å². The maximum Gasteiger partial charge on any atom is 0.321 e. The molecular formula is C19H30N2O3. The lowest BCUT2D eigenvalue weighted by Gasteiger charge is -2.40. The van der Waals surface area contributed by atoms with Crippen LogP contribution in [-0.4, -0.2) is 41.3 Å². The molecule has 1 fully saturated rings. The molecule has 1 aliphatic rings. The van der Waals surface area contributed by atoms with Crippen LogP contribution in [-0.2, 0) is 0 Å². The van der Waals surface area contributed by atoms with Gasteiger partial charge in [0.05, 0.1) is 5.69 Å². The first-order valence-electron chi connectivity index (χ1n) is 8.73. The minimum absolute atomic E-state index is 0.0238. The van der Waals surface area contributed by atoms with Gasteiger partial charge in [0.15, 0.2) is 0 Å². The van der Waals surface area contributed by atoms with Crippen LogP contribution in [0.4, 0.5) is 10.5 Å². The van der Waals surface area contributed by atoms with Gasteiger partial charge in [0.1, 0.15) is 11.4 Å². The molecule has 0 saturated carbocycles. The van der Waals surface area contributed by atoms with Gasteiger partial charge >= 0.3 is 6.03 Å². The predicted octanol–water partition coefficient (Wildman–Crippen LogP) is 3.88. The lowest BCUT2D eigenvalue weighted by molar-refractivity contribution is 0.0541. The Labute approximate surface area is 145 Å². The molecule has 1 aromatic carbocycles. The van der Waals surface area contributed by atoms with E-state index in [1.807, 2.05) is 49.9 Å². The Balaban J connectivity index is 2.01. The van der Waals surface area contributed by atoms with Crippen molar-refractivity contribution in [2.45, 2.75) is 52.6 Å². The molecule has 0 unspecified atom stereocenters. The van der Waals surface area contributed by atoms with E-state index in [-0.39, 0.29) is 23.7 Å². The lowest BCUT2D eigenvalue weighted by Crippen LogP contribution is -2.46. The Morgan fingerprint density at radius 2 is 1.92 bits per heavy atom. The molecule has 24 heavy (non-hydrogen) atoms. The zero-order valence-electron chi connectivity index (χ0n) is 15.3. The van der Waals surface area contributed by atoms with Crippen LogP contribution in [0.3, 0.4) is 0 Å². The number of amides is 2. The number of benzene rings is 1. The van der Waals surface area contributed by atoms with Gasteiger partial charge in [-0.05, 0) is 57.6 Å². The van der Waals surface area contributed by atoms with Gasteiger partial charge in [-0.3, -0.25) is 0 Å². The third-order valence-electron chi connectivity index (χ3n) is 4.74. The van der Waals surface area contributed by atoms with Crippen molar-refractivity contribution < 1.29 is 14.6 Å². The number of piperidine rings is 1. The monoisotopic (exact) mass is 334 g/mol. The average molecular weight is 334 g/mol. The average Bonchev–Trinajstić information content (AvgIpc) is 2.55. The molecule has 0 atom stereocenters. The van der Waals surface area contributed by atoms with Crippen LogP contribution in [0.2, 0.25) is 0 Å². The third-order valence-corrected chi connectivity index (χ3v) is 4.74. The first-order chi connectivity index (χ1) is 11.3. The Hall–Kier alpha value is -1.75. The second-order valence-electron chi connectivity index (χ2n) is 7.64. The summed E-state index contributed by atoms with van der Waals surface area (Å²) < 4.78 is 5.92. The fourth-order valence-corrected chi connectivity index (χ4v) is 2.99. The van der Waals surface area contributed by atoms with E-state index in [0.29, 0.717) is 24.5 Å². The standard InChI is InChI=1S/C19H30N2O3/c1-5-19(14-22)10-12-21(13-11-19)17(23)20-15-8-6-7-9-16(15)24-18(2,3)4/h6-9,22H,5,10-14H2,1-4H3,(H,20,23). The van der Waals surface area contributed by atoms with Crippen molar-refractivity contribution in [2.75, 3.05) is 25.0 Å². The predicted molar refractivity (Wildman–Crippen MR) is 96.5 cm³/mol. The molecule has 2 N–H and O–H groups in total. The van der Waals surface area contributed by atoms with Crippen LogP contribution >= 0.6 is 0 Å². The van der Waals surface area contributed by atoms with E-state index in [1.54, 1.807) is 0 Å². The molecule has 1 heterocycles. The molecule has 134 valence electrons. The van der Waals surface area contributed by atoms with Crippen LogP contribution in [0, 0.1) is 5.41 Å². The topological polar surface area (TPSA) is 61.8 Å². The second kappa shape index (κ2) is 7.43. The van der Waals surface area contributed by atoms with Gasteiger partial charge < -0.3 is 20.1 Å². The number of para-hydroxylation sites is 2. The van der Waals surface area contributed by atoms with Gasteiger partial charge in [-0.25, -0.2) is 4.79 Å². The number of carbonyl (C=O) groups excluding carboxylic acids is 1. The molecule has 0 aromatic heterocycles. The van der Waals surface area contributed by atoms with E-state index in [1.165, 1.54) is 0 Å². The second-order valence-corrected chi connectivity index (χ2v) is 7.64. The van der Waals surface area contributed by atoms with E-state index in [0.717, 1.165) is 19.3 Å². The number of aliphatic hydroxyl groups excluding tert-OH is 1. The molecule has 0 bridgehead atoms. The number of hydrogen-bond acceptors (Lipinski definition) is 3. The quantitative estimate of drug-likeness (QED) is 0.878. The molecule has 0 radical (unpaired) electrons. The molecule has 0 spiro atoms. The molecule has 2 rings (SSSR count). The molecule has 2 amide bonds. The van der Waals surface area contributed by atoms with Crippen molar-refractivity contribution in [1.29, 1.82) is 0 Å². The number of carbonyl (C=O) groups is 1. The van der Waals surface area contributed by atoms with Crippen molar-refractivity contribution in [2.24, 2.45) is 5.41 Å². The highest BCUT2D eigenvalue weighted by molar-refractivity contribution is 5.91. The molecule has 5 nitrogen and oxygen atoms in total. The Bertz CT molecular complexity index is 552. The van der Waals surface area contributed by atoms with Crippen molar-refractivity contribution in [3.8, 4) is 5.75 Å². The number of urea groups is 1. The summed E-state index contributed by atoms with van der Waals surface area (Å²) in [5, 5.41) is 12.6. The van der Waals surface area contributed by atoms with Crippen molar-refractivity contribution in [1.82, 2.24) is 4.90 Å². The normalized spacial score (nSPS) is 17.5. The minimum atomic E-state index is -0.326. The Morgan fingerprint density at radius 3 is 2.46 bits per heavy atom. The first kappa shape index (κ1) is 18.6. The SMILES string of the molecule is CCC1(CO)CCN(C(=O)Nc2ccccc2OC(C)(C)C)CC1. The van der Waals surface area contributed by atoms with E-state index in [2.05, 4.69) is 12.2 Å². The smallest absolute Gasteiger partial charge is 0.321 e. The van der Waals surface area contributed by atoms with Gasteiger partial charge in [0.25, 0.3) is 0 Å². The third kappa shape index (κ3) is 4.63. The summed E-state index contributed by atoms with van der Waals surface area (Å²) in [7, 11) is 0. The fraction of sp³-hybridized carbons (Fsp3) is 0.632. The summed E-state index contributed by atoms with van der Waals surface area (Å²) in [6.45, 7) is 9.58. The number of aliphatic hydroxyl groups is 1. The van der Waals surface area contributed by atoms with Crippen molar-refractivity contribution in [3.05, 3.63) is 24.3 Å². The van der Waals surface area contributed by atoms with Gasteiger partial charge in [-0.15, -0.1) is 0 Å². The van der Waals surface area contributed by atoms with Gasteiger partial charge in [-0.2, -0.15) is 0 Å². The van der Waals surface area contributed by atoms with E-state index < -0.39 is 0 Å². The zero-order valence-corrected chi connectivity index (χ0v) is 15.3. The number of hydrogen-bond donors (Lipinski definition) is 2. The molecule has 0 aliphatic carbocycles. The highest BCUT2D eigenvalue weighted by atomic mass is 16.5. The first-order valence-corrected chi connectivity index (χ1v) is 8.73. The zero-order chi connectivity index (χ0) is 17.8. The van der Waals surface area contributed by atoms with E-state index in [4.69, 9.17) is 4.74 Å². The summed E-state index contributed by atoms with van der Waals surface area (Å²) in [6.07, 6.45) is 2.63. The van der Waals surface area contributed by atoms with Crippen molar-refractivity contribution in [3.63, 3.8) is 0 Å². The summed E-state index contributed by atoms with van der Waals surface area (Å²) in [5.41, 5.74) is 0.338. The van der Waals surface area contributed by atoms with E-state index in [9.17, 15) is 9.90 Å². The molecule has 1 aliphatic heterocycles. The molecule has 1 aromatic rings. The maximum absolute atomic E-state index is 12.6. The molecular weight excluding hydrogens is 304 g/mol. The van der Waals surface area contributed by atoms with Crippen LogP contribution in [0.15, 0.2) is 24.3 Å². The summed E-state index contributed by atoms with van der Waals surface area (Å²) in [6, 6.07) is 7.39. The Morgan fingerprint density at radius 1 is 1.29 bits per heavy atom. The number of nitrogens with one attached hydrogen (secondary N) is 1. The molecule has 1 saturated heterocycles. The van der Waals surface area contributed by atoms with Crippen LogP contribution in [0.5, 0.6) is 5.75 Å². The fourth-order valence-electron chi connectivity index (χ4n) is 2.99. The van der Waals surface area contributed by atoms with Gasteiger partial charge in [0.2, 0.25) is 0 Å². The largest absolute Gasteiger partial charge is 0.486 e. The van der Waals surface area contributed by atoms with Crippen LogP contribution in [0.25, 0.3) is 0 Å². The van der Waals surface area contributed by atoms with Crippen molar-refractivity contribution >= 4 is 11.7 Å². The number of rotatable bonds is 4. The Kier molecular flexibility index (Phi) is 5.75. The van der Waals surface area contributed by atoms with Crippen LogP contribution < -0.4 is 10.1 Å². The molecule has 5 heteroatoms. The number of ether oxygens (including phenoxy) is 1. The number of anilines is 1. The highest BCUT2D eigenvalue weighted by Crippen LogP contribution is 2.34. The summed E-state index contributed by atoms with van der Waals surface area (Å²) in [4.78, 5) is 14.4. The van der Waals surface area contributed by atoms with E-state index >= 15 is 0 Å². The summed E-state index contributed by atoms with van der Waals surface area (Å²) >= 11 is 0. The lowest BCUT2D eigenvalue weighted by atomic mass is 9.77.